The predicted octanol–water partition coefficient (Wildman–Crippen LogP) is 5.47. The highest BCUT2D eigenvalue weighted by Crippen LogP contribution is 2.40. The second-order valence-electron chi connectivity index (χ2n) is 6.90. The van der Waals surface area contributed by atoms with Crippen LogP contribution in [0.4, 0.5) is 0 Å². The van der Waals surface area contributed by atoms with Gasteiger partial charge in [0.2, 0.25) is 6.79 Å². The molecule has 3 aromatic rings. The maximum Gasteiger partial charge on any atom is 0.231 e. The number of methoxy groups -OCH3 is 1. The molecule has 0 spiro atoms. The van der Waals surface area contributed by atoms with Crippen molar-refractivity contribution in [2.75, 3.05) is 20.7 Å². The monoisotopic (exact) mass is 404 g/mol. The highest BCUT2D eigenvalue weighted by atomic mass is 16.7. The average Bonchev–Trinajstić information content (AvgIpc) is 3.25. The number of hydrogen-bond acceptors (Lipinski definition) is 5. The number of hydrogen-bond donors (Lipinski definition) is 1. The first-order chi connectivity index (χ1) is 14.7. The number of aromatic hydroxyl groups is 1. The minimum Gasteiger partial charge on any atom is -0.508 e. The lowest BCUT2D eigenvalue weighted by Crippen LogP contribution is -1.99. The van der Waals surface area contributed by atoms with Crippen molar-refractivity contribution in [3.05, 3.63) is 83.4 Å². The molecule has 0 unspecified atom stereocenters. The maximum absolute atomic E-state index is 9.77. The number of ether oxygens (including phenoxy) is 4. The number of phenolic OH excluding ortho intramolecular Hbond substituents is 1. The molecule has 1 aliphatic heterocycles. The summed E-state index contributed by atoms with van der Waals surface area (Å²) in [4.78, 5) is 0. The summed E-state index contributed by atoms with van der Waals surface area (Å²) in [6, 6.07) is 21.3. The van der Waals surface area contributed by atoms with Gasteiger partial charge in [-0.3, -0.25) is 0 Å². The smallest absolute Gasteiger partial charge is 0.231 e. The molecule has 0 saturated heterocycles. The zero-order chi connectivity index (χ0) is 20.9. The van der Waals surface area contributed by atoms with Crippen LogP contribution in [0.2, 0.25) is 0 Å². The van der Waals surface area contributed by atoms with Crippen LogP contribution in [0.5, 0.6) is 23.0 Å². The minimum absolute atomic E-state index is 0.206. The van der Waals surface area contributed by atoms with Gasteiger partial charge in [-0.25, -0.2) is 0 Å². The van der Waals surface area contributed by atoms with E-state index in [4.69, 9.17) is 18.9 Å². The molecule has 0 amide bonds. The van der Waals surface area contributed by atoms with E-state index in [2.05, 4.69) is 13.0 Å². The molecule has 0 aliphatic carbocycles. The van der Waals surface area contributed by atoms with E-state index in [0.29, 0.717) is 0 Å². The van der Waals surface area contributed by atoms with E-state index in [0.717, 1.165) is 45.9 Å². The number of allylic oxidation sites excluding steroid dienone is 1. The Morgan fingerprint density at radius 3 is 2.17 bits per heavy atom. The third-order valence-corrected chi connectivity index (χ3v) is 5.02. The topological polar surface area (TPSA) is 57.2 Å². The Morgan fingerprint density at radius 1 is 0.867 bits per heavy atom. The minimum atomic E-state index is 0.206. The van der Waals surface area contributed by atoms with Crippen molar-refractivity contribution in [2.45, 2.75) is 13.3 Å². The summed E-state index contributed by atoms with van der Waals surface area (Å²) in [6.45, 7) is 2.59. The predicted molar refractivity (Wildman–Crippen MR) is 116 cm³/mol. The second-order valence-corrected chi connectivity index (χ2v) is 6.90. The van der Waals surface area contributed by atoms with Crippen LogP contribution in [-0.4, -0.2) is 25.8 Å². The van der Waals surface area contributed by atoms with E-state index in [1.54, 1.807) is 19.2 Å². The Morgan fingerprint density at radius 2 is 1.50 bits per heavy atom. The van der Waals surface area contributed by atoms with Crippen molar-refractivity contribution in [1.29, 1.82) is 0 Å². The molecule has 5 nitrogen and oxygen atoms in total. The van der Waals surface area contributed by atoms with Crippen molar-refractivity contribution < 1.29 is 24.1 Å². The van der Waals surface area contributed by atoms with E-state index in [1.165, 1.54) is 5.57 Å². The molecule has 154 valence electrons. The van der Waals surface area contributed by atoms with Gasteiger partial charge in [-0.05, 0) is 70.7 Å². The Labute approximate surface area is 176 Å². The molecule has 5 heteroatoms. The number of phenols is 1. The van der Waals surface area contributed by atoms with E-state index in [-0.39, 0.29) is 19.3 Å². The van der Waals surface area contributed by atoms with Gasteiger partial charge < -0.3 is 24.1 Å². The summed E-state index contributed by atoms with van der Waals surface area (Å²) in [7, 11) is 1.60. The molecule has 3 aromatic carbocycles. The van der Waals surface area contributed by atoms with Gasteiger partial charge in [0, 0.05) is 7.11 Å². The average molecular weight is 404 g/mol. The molecule has 0 saturated carbocycles. The highest BCUT2D eigenvalue weighted by molar-refractivity contribution is 5.99. The molecule has 1 N–H and O–H groups in total. The zero-order valence-corrected chi connectivity index (χ0v) is 17.1. The summed E-state index contributed by atoms with van der Waals surface area (Å²) in [5.41, 5.74) is 5.41. The Kier molecular flexibility index (Phi) is 5.91. The van der Waals surface area contributed by atoms with E-state index in [1.807, 2.05) is 48.5 Å². The summed E-state index contributed by atoms with van der Waals surface area (Å²) < 4.78 is 21.6. The molecule has 0 radical (unpaired) electrons. The first-order valence-electron chi connectivity index (χ1n) is 9.84. The van der Waals surface area contributed by atoms with Gasteiger partial charge in [0.25, 0.3) is 0 Å². The number of benzene rings is 3. The normalized spacial score (nSPS) is 13.1. The van der Waals surface area contributed by atoms with Crippen molar-refractivity contribution in [3.8, 4) is 23.0 Å². The third-order valence-electron chi connectivity index (χ3n) is 5.02. The van der Waals surface area contributed by atoms with Crippen LogP contribution < -0.4 is 14.2 Å². The van der Waals surface area contributed by atoms with Gasteiger partial charge in [0.05, 0.1) is 0 Å². The Balaban J connectivity index is 1.84. The number of fused-ring (bicyclic) bond motifs is 1. The fourth-order valence-electron chi connectivity index (χ4n) is 3.60. The molecule has 0 fully saturated rings. The second kappa shape index (κ2) is 8.93. The fraction of sp³-hybridized carbons (Fsp3) is 0.200. The maximum atomic E-state index is 9.77. The lowest BCUT2D eigenvalue weighted by atomic mass is 9.88. The molecule has 1 heterocycles. The van der Waals surface area contributed by atoms with E-state index < -0.39 is 0 Å². The zero-order valence-electron chi connectivity index (χ0n) is 17.1. The van der Waals surface area contributed by atoms with Crippen LogP contribution in [0.3, 0.4) is 0 Å². The van der Waals surface area contributed by atoms with Gasteiger partial charge in [0.1, 0.15) is 11.5 Å². The Bertz CT molecular complexity index is 1040. The lowest BCUT2D eigenvalue weighted by molar-refractivity contribution is 0.0511. The molecule has 0 bridgehead atoms. The quantitative estimate of drug-likeness (QED) is 0.418. The SMILES string of the molecule is CC/C(=C(/c1ccc(O)cc1)c1ccc(OCOC)cc1)c1ccc2c(c1)OCO2. The molecule has 30 heavy (non-hydrogen) atoms. The van der Waals surface area contributed by atoms with Crippen LogP contribution in [0.15, 0.2) is 66.7 Å². The summed E-state index contributed by atoms with van der Waals surface area (Å²) in [5.74, 6) is 2.50. The molecule has 0 atom stereocenters. The summed E-state index contributed by atoms with van der Waals surface area (Å²) >= 11 is 0. The van der Waals surface area contributed by atoms with Gasteiger partial charge >= 0.3 is 0 Å². The first-order valence-corrected chi connectivity index (χ1v) is 9.84. The summed E-state index contributed by atoms with van der Waals surface area (Å²) in [5, 5.41) is 9.77. The van der Waals surface area contributed by atoms with Crippen LogP contribution >= 0.6 is 0 Å². The first kappa shape index (κ1) is 19.9. The largest absolute Gasteiger partial charge is 0.508 e. The van der Waals surface area contributed by atoms with Gasteiger partial charge in [-0.15, -0.1) is 0 Å². The highest BCUT2D eigenvalue weighted by Gasteiger charge is 2.18. The van der Waals surface area contributed by atoms with Gasteiger partial charge in [0.15, 0.2) is 18.3 Å². The van der Waals surface area contributed by atoms with Crippen LogP contribution in [-0.2, 0) is 4.74 Å². The van der Waals surface area contributed by atoms with Crippen LogP contribution in [0.25, 0.3) is 11.1 Å². The number of rotatable bonds is 7. The van der Waals surface area contributed by atoms with Crippen molar-refractivity contribution in [1.82, 2.24) is 0 Å². The van der Waals surface area contributed by atoms with Crippen LogP contribution in [0.1, 0.15) is 30.0 Å². The van der Waals surface area contributed by atoms with Gasteiger partial charge in [-0.2, -0.15) is 0 Å². The third kappa shape index (κ3) is 4.11. The van der Waals surface area contributed by atoms with Crippen molar-refractivity contribution in [2.24, 2.45) is 0 Å². The molecule has 0 aromatic heterocycles. The van der Waals surface area contributed by atoms with E-state index >= 15 is 0 Å². The van der Waals surface area contributed by atoms with E-state index in [9.17, 15) is 5.11 Å². The summed E-state index contributed by atoms with van der Waals surface area (Å²) in [6.07, 6.45) is 0.817. The molecular weight excluding hydrogens is 380 g/mol. The Hall–Kier alpha value is -3.44. The van der Waals surface area contributed by atoms with Crippen LogP contribution in [0, 0.1) is 0 Å². The van der Waals surface area contributed by atoms with Gasteiger partial charge in [-0.1, -0.05) is 37.3 Å². The van der Waals surface area contributed by atoms with Crippen molar-refractivity contribution >= 4 is 11.1 Å². The molecule has 4 rings (SSSR count). The standard InChI is InChI=1S/C25H24O5/c1-3-22(19-8-13-23-24(14-19)30-16-29-23)25(17-4-9-20(26)10-5-17)18-6-11-21(12-7-18)28-15-27-2/h4-14,26H,3,15-16H2,1-2H3/b25-22+. The lowest BCUT2D eigenvalue weighted by Gasteiger charge is -2.17. The van der Waals surface area contributed by atoms with Crippen molar-refractivity contribution in [3.63, 3.8) is 0 Å². The molecule has 1 aliphatic rings. The molecular formula is C25H24O5. The fourth-order valence-corrected chi connectivity index (χ4v) is 3.60.